The summed E-state index contributed by atoms with van der Waals surface area (Å²) in [6.07, 6.45) is 4.54. The summed E-state index contributed by atoms with van der Waals surface area (Å²) < 4.78 is 24.3. The third-order valence-corrected chi connectivity index (χ3v) is 10.6. The monoisotopic (exact) mass is 657 g/mol. The van der Waals surface area contributed by atoms with Gasteiger partial charge in [-0.05, 0) is 60.7 Å². The topological polar surface area (TPSA) is 157 Å². The van der Waals surface area contributed by atoms with E-state index in [0.717, 1.165) is 17.0 Å². The second-order valence-electron chi connectivity index (χ2n) is 11.3. The molecule has 2 saturated heterocycles. The number of carbonyl (C=O) groups excluding carboxylic acids is 5. The number of fused-ring (bicyclic) bond motifs is 4. The molecule has 0 radical (unpaired) electrons. The number of urea groups is 1. The van der Waals surface area contributed by atoms with E-state index in [1.165, 1.54) is 38.5 Å². The van der Waals surface area contributed by atoms with Gasteiger partial charge in [-0.25, -0.2) is 14.1 Å². The van der Waals surface area contributed by atoms with Gasteiger partial charge in [0, 0.05) is 5.92 Å². The SMILES string of the molecule is COc1cc(C=CC2C3=CCC4C(=O)N(C(N)=O)C(=O)C4C3CC3(Cl)C(=O)N(c4ccc(F)cc4)C(=O)C23Cl)cc(OC)c1O. The van der Waals surface area contributed by atoms with E-state index in [1.807, 2.05) is 0 Å². The Morgan fingerprint density at radius 3 is 2.22 bits per heavy atom. The second kappa shape index (κ2) is 10.6. The first-order valence-electron chi connectivity index (χ1n) is 13.8. The van der Waals surface area contributed by atoms with Crippen LogP contribution in [-0.2, 0) is 19.2 Å². The molecule has 2 heterocycles. The van der Waals surface area contributed by atoms with Gasteiger partial charge in [-0.1, -0.05) is 23.8 Å². The number of methoxy groups -OCH3 is 2. The van der Waals surface area contributed by atoms with Gasteiger partial charge in [0.1, 0.15) is 5.82 Å². The van der Waals surface area contributed by atoms with Crippen molar-refractivity contribution in [2.75, 3.05) is 19.1 Å². The van der Waals surface area contributed by atoms with Gasteiger partial charge in [0.2, 0.25) is 17.6 Å². The maximum absolute atomic E-state index is 14.3. The largest absolute Gasteiger partial charge is 0.502 e. The lowest BCUT2D eigenvalue weighted by atomic mass is 9.57. The number of likely N-dealkylation sites (tertiary alicyclic amines) is 1. The Morgan fingerprint density at radius 2 is 1.64 bits per heavy atom. The number of anilines is 1. The van der Waals surface area contributed by atoms with Crippen LogP contribution in [0.3, 0.4) is 0 Å². The summed E-state index contributed by atoms with van der Waals surface area (Å²) in [4.78, 5) is 63.9. The number of ether oxygens (including phenoxy) is 2. The number of carbonyl (C=O) groups is 5. The van der Waals surface area contributed by atoms with Gasteiger partial charge in [-0.2, -0.15) is 4.90 Å². The van der Waals surface area contributed by atoms with Crippen molar-refractivity contribution < 1.29 is 42.9 Å². The molecule has 234 valence electrons. The zero-order chi connectivity index (χ0) is 32.6. The third kappa shape index (κ3) is 4.18. The second-order valence-corrected chi connectivity index (χ2v) is 12.5. The zero-order valence-electron chi connectivity index (χ0n) is 23.8. The Bertz CT molecular complexity index is 1720. The number of allylic oxidation sites excluding steroid dienone is 3. The molecule has 6 rings (SSSR count). The number of aromatic hydroxyl groups is 1. The Morgan fingerprint density at radius 1 is 1.02 bits per heavy atom. The van der Waals surface area contributed by atoms with Crippen molar-refractivity contribution in [3.05, 3.63) is 65.5 Å². The average Bonchev–Trinajstić information content (AvgIpc) is 3.35. The van der Waals surface area contributed by atoms with E-state index in [1.54, 1.807) is 18.2 Å². The summed E-state index contributed by atoms with van der Waals surface area (Å²) in [6.45, 7) is 0. The van der Waals surface area contributed by atoms with Crippen molar-refractivity contribution in [2.45, 2.75) is 22.6 Å². The number of benzene rings is 2. The molecule has 2 aliphatic heterocycles. The molecular weight excluding hydrogens is 632 g/mol. The molecule has 11 nitrogen and oxygen atoms in total. The van der Waals surface area contributed by atoms with E-state index < -0.39 is 68.9 Å². The number of halogens is 3. The molecule has 3 N–H and O–H groups in total. The molecule has 45 heavy (non-hydrogen) atoms. The summed E-state index contributed by atoms with van der Waals surface area (Å²) >= 11 is 14.4. The van der Waals surface area contributed by atoms with Crippen LogP contribution in [0.25, 0.3) is 6.08 Å². The molecule has 1 saturated carbocycles. The van der Waals surface area contributed by atoms with E-state index >= 15 is 0 Å². The summed E-state index contributed by atoms with van der Waals surface area (Å²) in [7, 11) is 2.71. The van der Waals surface area contributed by atoms with Crippen LogP contribution in [0.2, 0.25) is 0 Å². The normalized spacial score (nSPS) is 30.7. The number of phenols is 1. The van der Waals surface area contributed by atoms with E-state index in [9.17, 15) is 33.5 Å². The standard InChI is InChI=1S/C31H26Cl2FN3O8/c1-44-21-11-14(12-22(45-2)24(21)38)3-10-20-17-8-9-18-23(26(40)37(25(18)39)29(35)43)19(17)13-30(32)27(41)36(28(42)31(20,30)33)16-6-4-15(34)5-7-16/h3-8,10-12,18-20,23,38H,9,13H2,1-2H3,(H2,35,43). The summed E-state index contributed by atoms with van der Waals surface area (Å²) in [5.41, 5.74) is 6.34. The van der Waals surface area contributed by atoms with Crippen molar-refractivity contribution in [1.29, 1.82) is 0 Å². The number of alkyl halides is 2. The number of amides is 6. The van der Waals surface area contributed by atoms with Gasteiger partial charge in [0.15, 0.2) is 21.2 Å². The molecule has 4 aliphatic rings. The molecule has 6 unspecified atom stereocenters. The smallest absolute Gasteiger partial charge is 0.328 e. The highest BCUT2D eigenvalue weighted by Crippen LogP contribution is 2.63. The third-order valence-electron chi connectivity index (χ3n) is 9.16. The number of phenolic OH excluding ortho intramolecular Hbond substituents is 1. The van der Waals surface area contributed by atoms with Crippen molar-refractivity contribution in [2.24, 2.45) is 29.4 Å². The number of hydrogen-bond acceptors (Lipinski definition) is 8. The molecule has 0 bridgehead atoms. The van der Waals surface area contributed by atoms with Crippen molar-refractivity contribution in [3.8, 4) is 17.2 Å². The Kier molecular flexibility index (Phi) is 7.20. The first-order valence-corrected chi connectivity index (χ1v) is 14.6. The number of nitrogens with zero attached hydrogens (tertiary/aromatic N) is 2. The van der Waals surface area contributed by atoms with Crippen LogP contribution >= 0.6 is 23.2 Å². The maximum Gasteiger partial charge on any atom is 0.328 e. The fourth-order valence-corrected chi connectivity index (χ4v) is 7.97. The minimum atomic E-state index is -2.13. The van der Waals surface area contributed by atoms with Crippen LogP contribution in [0, 0.1) is 29.5 Å². The average molecular weight is 658 g/mol. The summed E-state index contributed by atoms with van der Waals surface area (Å²) in [5, 5.41) is 10.4. The van der Waals surface area contributed by atoms with Crippen molar-refractivity contribution in [1.82, 2.24) is 4.90 Å². The molecule has 6 atom stereocenters. The predicted molar refractivity (Wildman–Crippen MR) is 159 cm³/mol. The quantitative estimate of drug-likeness (QED) is 0.280. The van der Waals surface area contributed by atoms with Crippen LogP contribution < -0.4 is 20.1 Å². The van der Waals surface area contributed by atoms with Crippen LogP contribution in [-0.4, -0.2) is 63.6 Å². The predicted octanol–water partition coefficient (Wildman–Crippen LogP) is 3.74. The number of hydrogen-bond donors (Lipinski definition) is 2. The Labute approximate surface area is 265 Å². The van der Waals surface area contributed by atoms with E-state index in [4.69, 9.17) is 38.4 Å². The van der Waals surface area contributed by atoms with E-state index in [-0.39, 0.29) is 35.8 Å². The van der Waals surface area contributed by atoms with Crippen LogP contribution in [0.5, 0.6) is 17.2 Å². The van der Waals surface area contributed by atoms with Gasteiger partial charge < -0.3 is 20.3 Å². The van der Waals surface area contributed by atoms with Crippen molar-refractivity contribution in [3.63, 3.8) is 0 Å². The lowest BCUT2D eigenvalue weighted by molar-refractivity contribution is -0.136. The van der Waals surface area contributed by atoms with Crippen LogP contribution in [0.4, 0.5) is 14.9 Å². The Hall–Kier alpha value is -4.42. The minimum absolute atomic E-state index is 0.0402. The lowest BCUT2D eigenvalue weighted by Crippen LogP contribution is -2.60. The fourth-order valence-electron chi connectivity index (χ4n) is 7.08. The molecule has 0 spiro atoms. The number of nitrogens with two attached hydrogens (primary N) is 1. The highest BCUT2D eigenvalue weighted by atomic mass is 35.5. The number of imide groups is 4. The van der Waals surface area contributed by atoms with E-state index in [0.29, 0.717) is 16.0 Å². The van der Waals surface area contributed by atoms with Gasteiger partial charge in [0.25, 0.3) is 11.8 Å². The minimum Gasteiger partial charge on any atom is -0.502 e. The van der Waals surface area contributed by atoms with Crippen LogP contribution in [0.1, 0.15) is 18.4 Å². The first kappa shape index (κ1) is 30.6. The van der Waals surface area contributed by atoms with Gasteiger partial charge in [-0.3, -0.25) is 19.2 Å². The van der Waals surface area contributed by atoms with Gasteiger partial charge in [-0.15, -0.1) is 23.2 Å². The first-order chi connectivity index (χ1) is 21.3. The number of rotatable bonds is 5. The zero-order valence-corrected chi connectivity index (χ0v) is 25.3. The molecule has 14 heteroatoms. The highest BCUT2D eigenvalue weighted by Gasteiger charge is 2.76. The summed E-state index contributed by atoms with van der Waals surface area (Å²) in [6, 6.07) is 6.44. The summed E-state index contributed by atoms with van der Waals surface area (Å²) in [5.74, 6) is -7.97. The number of primary amides is 1. The molecule has 2 aromatic rings. The molecule has 0 aromatic heterocycles. The molecule has 2 aromatic carbocycles. The fraction of sp³-hybridized carbons (Fsp3) is 0.323. The Balaban J connectivity index is 1.52. The molecule has 2 aliphatic carbocycles. The molecule has 3 fully saturated rings. The lowest BCUT2D eigenvalue weighted by Gasteiger charge is -2.49. The van der Waals surface area contributed by atoms with E-state index in [2.05, 4.69) is 0 Å². The maximum atomic E-state index is 14.3. The van der Waals surface area contributed by atoms with Gasteiger partial charge >= 0.3 is 6.03 Å². The highest BCUT2D eigenvalue weighted by molar-refractivity contribution is 6.58. The molecular formula is C31H26Cl2FN3O8. The van der Waals surface area contributed by atoms with Crippen molar-refractivity contribution >= 4 is 64.6 Å². The molecule has 6 amide bonds. The van der Waals surface area contributed by atoms with Crippen LogP contribution in [0.15, 0.2) is 54.1 Å². The van der Waals surface area contributed by atoms with Gasteiger partial charge in [0.05, 0.1) is 31.7 Å².